The summed E-state index contributed by atoms with van der Waals surface area (Å²) in [6.07, 6.45) is 21.5. The smallest absolute Gasteiger partial charge is 0.412 e. The van der Waals surface area contributed by atoms with Crippen LogP contribution in [0.2, 0.25) is 0 Å². The molecule has 400 valence electrons. The zero-order valence-electron chi connectivity index (χ0n) is 43.5. The van der Waals surface area contributed by atoms with E-state index >= 15 is 4.79 Å². The number of oxime groups is 1. The number of fused-ring (bicyclic) bond motifs is 2. The molecule has 2 aliphatic heterocycles. The highest BCUT2D eigenvalue weighted by Crippen LogP contribution is 2.62. The maximum Gasteiger partial charge on any atom is 0.412 e. The van der Waals surface area contributed by atoms with E-state index < -0.39 is 35.9 Å². The lowest BCUT2D eigenvalue weighted by Crippen LogP contribution is -2.70. The quantitative estimate of drug-likeness (QED) is 0.0345. The molecule has 3 aromatic rings. The van der Waals surface area contributed by atoms with Crippen LogP contribution in [0.5, 0.6) is 11.5 Å². The number of allylic oxidation sites excluding steroid dienone is 1. The van der Waals surface area contributed by atoms with Gasteiger partial charge in [-0.05, 0) is 123 Å². The van der Waals surface area contributed by atoms with Crippen LogP contribution in [-0.4, -0.2) is 83.9 Å². The molecule has 0 radical (unpaired) electrons. The number of unbranched alkanes of at least 4 members (excludes halogenated alkanes) is 11. The van der Waals surface area contributed by atoms with Crippen molar-refractivity contribution in [2.24, 2.45) is 22.9 Å². The summed E-state index contributed by atoms with van der Waals surface area (Å²) < 4.78 is 41.2. The van der Waals surface area contributed by atoms with Crippen LogP contribution in [0.4, 0.5) is 9.18 Å². The maximum absolute atomic E-state index is 15.4. The average Bonchev–Trinajstić information content (AvgIpc) is 3.46. The summed E-state index contributed by atoms with van der Waals surface area (Å²) in [5.74, 6) is -2.66. The summed E-state index contributed by atoms with van der Waals surface area (Å²) in [6, 6.07) is 19.2. The Hall–Kier alpha value is -5.59. The summed E-state index contributed by atoms with van der Waals surface area (Å²) in [7, 11) is 0. The van der Waals surface area contributed by atoms with Crippen molar-refractivity contribution in [2.75, 3.05) is 33.0 Å². The second-order valence-corrected chi connectivity index (χ2v) is 20.4. The predicted molar refractivity (Wildman–Crippen MR) is 283 cm³/mol. The van der Waals surface area contributed by atoms with Crippen molar-refractivity contribution >= 4 is 17.7 Å². The fourth-order valence-corrected chi connectivity index (χ4v) is 11.5. The molecule has 2 aliphatic carbocycles. The highest BCUT2D eigenvalue weighted by molar-refractivity contribution is 6.03. The van der Waals surface area contributed by atoms with Gasteiger partial charge in [-0.2, -0.15) is 5.26 Å². The Bertz CT molecular complexity index is 2360. The van der Waals surface area contributed by atoms with Crippen LogP contribution >= 0.6 is 0 Å². The molecule has 13 nitrogen and oxygen atoms in total. The average molecular weight is 1020 g/mol. The molecule has 3 aromatic carbocycles. The number of hydrogen-bond acceptors (Lipinski definition) is 11. The van der Waals surface area contributed by atoms with Crippen molar-refractivity contribution in [3.63, 3.8) is 0 Å². The Morgan fingerprint density at radius 1 is 0.919 bits per heavy atom. The van der Waals surface area contributed by atoms with Crippen LogP contribution < -0.4 is 14.8 Å². The van der Waals surface area contributed by atoms with Crippen LogP contribution in [0.15, 0.2) is 96.2 Å². The Balaban J connectivity index is 1.32. The van der Waals surface area contributed by atoms with E-state index in [9.17, 15) is 24.7 Å². The molecule has 74 heavy (non-hydrogen) atoms. The SMILES string of the molecule is C=CCOC12Oc3ccc(OC(=O)NCCCCCCCCCCCC)cc3C3C(CCCCO)C(CCCCO)C=C(C(=NOC4CCCCO4)CC1N(Cc1ccc(F)cc1)C(=O)c1ccc(C#N)cc1)C32. The van der Waals surface area contributed by atoms with Gasteiger partial charge in [-0.25, -0.2) is 9.18 Å². The molecular weight excluding hydrogens is 940 g/mol. The number of aliphatic hydroxyl groups excluding tert-OH is 2. The van der Waals surface area contributed by atoms with Crippen molar-refractivity contribution in [3.05, 3.63) is 119 Å². The first-order valence-electron chi connectivity index (χ1n) is 27.6. The molecule has 14 heteroatoms. The predicted octanol–water partition coefficient (Wildman–Crippen LogP) is 12.2. The van der Waals surface area contributed by atoms with Gasteiger partial charge in [0.1, 0.15) is 23.4 Å². The molecule has 1 saturated carbocycles. The van der Waals surface area contributed by atoms with Crippen molar-refractivity contribution < 1.29 is 48.0 Å². The lowest BCUT2D eigenvalue weighted by atomic mass is 9.55. The number of hydrogen-bond donors (Lipinski definition) is 3. The summed E-state index contributed by atoms with van der Waals surface area (Å²) in [5.41, 5.74) is 3.63. The van der Waals surface area contributed by atoms with Gasteiger partial charge in [-0.1, -0.05) is 107 Å². The number of amides is 2. The molecule has 7 atom stereocenters. The Morgan fingerprint density at radius 3 is 2.31 bits per heavy atom. The number of ether oxygens (including phenoxy) is 4. The van der Waals surface area contributed by atoms with E-state index in [4.69, 9.17) is 28.9 Å². The minimum atomic E-state index is -1.60. The van der Waals surface area contributed by atoms with Crippen molar-refractivity contribution in [3.8, 4) is 17.6 Å². The van der Waals surface area contributed by atoms with Gasteiger partial charge < -0.3 is 44.2 Å². The second-order valence-electron chi connectivity index (χ2n) is 20.4. The molecule has 2 fully saturated rings. The third-order valence-corrected chi connectivity index (χ3v) is 15.2. The number of nitrogens with one attached hydrogen (secondary N) is 1. The lowest BCUT2D eigenvalue weighted by Gasteiger charge is -2.60. The van der Waals surface area contributed by atoms with Gasteiger partial charge in [0.25, 0.3) is 5.91 Å². The monoisotopic (exact) mass is 1020 g/mol. The third kappa shape index (κ3) is 14.6. The molecule has 1 saturated heterocycles. The maximum atomic E-state index is 15.4. The Kier molecular flexibility index (Phi) is 21.9. The number of aliphatic hydroxyl groups is 2. The number of halogens is 1. The highest BCUT2D eigenvalue weighted by atomic mass is 19.1. The molecule has 0 aromatic heterocycles. The standard InChI is InChI=1S/C60H79FN4O9/c1-3-5-6-7-8-9-10-11-12-16-33-63-59(69)72-48-31-32-53-51(39-48)56-49(21-14-18-35-67)46(20-13-17-34-66)38-50-52(64-74-55-22-15-19-37-70-55)40-54(60(73-53,57(50)56)71-36-4-2)65(42-44-25-29-47(61)30-26-44)58(68)45-27-23-43(41-62)24-28-45/h4,23-32,38-39,46,49,54-57,66-67H,2-3,5-22,33-37,40,42H2,1H3,(H,63,69). The lowest BCUT2D eigenvalue weighted by molar-refractivity contribution is -0.255. The van der Waals surface area contributed by atoms with Crippen LogP contribution in [0.1, 0.15) is 168 Å². The van der Waals surface area contributed by atoms with E-state index in [-0.39, 0.29) is 56.4 Å². The highest BCUT2D eigenvalue weighted by Gasteiger charge is 2.65. The van der Waals surface area contributed by atoms with Gasteiger partial charge in [0.05, 0.1) is 36.5 Å². The first-order valence-corrected chi connectivity index (χ1v) is 27.6. The molecule has 7 rings (SSSR count). The van der Waals surface area contributed by atoms with E-state index in [1.54, 1.807) is 53.4 Å². The third-order valence-electron chi connectivity index (χ3n) is 15.2. The van der Waals surface area contributed by atoms with Crippen molar-refractivity contribution in [2.45, 2.75) is 166 Å². The van der Waals surface area contributed by atoms with Gasteiger partial charge in [-0.3, -0.25) is 4.79 Å². The van der Waals surface area contributed by atoms with E-state index in [0.717, 1.165) is 62.5 Å². The number of carbonyl (C=O) groups is 2. The van der Waals surface area contributed by atoms with Crippen molar-refractivity contribution in [1.29, 1.82) is 5.26 Å². The molecule has 2 heterocycles. The molecular formula is C60H79FN4O9. The van der Waals surface area contributed by atoms with Crippen molar-refractivity contribution in [1.82, 2.24) is 10.2 Å². The molecule has 3 N–H and O–H groups in total. The summed E-state index contributed by atoms with van der Waals surface area (Å²) in [6.45, 7) is 7.50. The summed E-state index contributed by atoms with van der Waals surface area (Å²) in [4.78, 5) is 36.9. The van der Waals surface area contributed by atoms with Gasteiger partial charge in [0.2, 0.25) is 12.1 Å². The van der Waals surface area contributed by atoms with Gasteiger partial charge in [0.15, 0.2) is 0 Å². The molecule has 0 bridgehead atoms. The zero-order valence-corrected chi connectivity index (χ0v) is 43.5. The van der Waals surface area contributed by atoms with E-state index in [1.165, 1.54) is 57.1 Å². The summed E-state index contributed by atoms with van der Waals surface area (Å²) >= 11 is 0. The van der Waals surface area contributed by atoms with Gasteiger partial charge in [0, 0.05) is 56.2 Å². The van der Waals surface area contributed by atoms with E-state index in [1.807, 2.05) is 12.1 Å². The second kappa shape index (κ2) is 28.9. The fourth-order valence-electron chi connectivity index (χ4n) is 11.5. The zero-order chi connectivity index (χ0) is 52.1. The Labute approximate surface area is 438 Å². The molecule has 7 unspecified atom stereocenters. The minimum absolute atomic E-state index is 0.0280. The number of rotatable bonds is 29. The first-order chi connectivity index (χ1) is 36.2. The Morgan fingerprint density at radius 2 is 1.64 bits per heavy atom. The fraction of sp³-hybridized carbons (Fsp3) is 0.567. The number of carbonyl (C=O) groups excluding carboxylic acids is 2. The molecule has 2 amide bonds. The number of benzene rings is 3. The van der Waals surface area contributed by atoms with Crippen LogP contribution in [0.3, 0.4) is 0 Å². The van der Waals surface area contributed by atoms with Gasteiger partial charge >= 0.3 is 6.09 Å². The largest absolute Gasteiger partial charge is 0.459 e. The van der Waals surface area contributed by atoms with E-state index in [0.29, 0.717) is 72.7 Å². The summed E-state index contributed by atoms with van der Waals surface area (Å²) in [5, 5.41) is 37.8. The van der Waals surface area contributed by atoms with Crippen LogP contribution in [0, 0.1) is 34.9 Å². The molecule has 0 spiro atoms. The normalized spacial score (nSPS) is 23.3. The molecule has 4 aliphatic rings. The number of nitriles is 1. The van der Waals surface area contributed by atoms with E-state index in [2.05, 4.69) is 31.0 Å². The minimum Gasteiger partial charge on any atom is -0.459 e. The van der Waals surface area contributed by atoms with Crippen LogP contribution in [-0.2, 0) is 20.9 Å². The number of nitrogens with zero attached hydrogens (tertiary/aromatic N) is 3. The van der Waals surface area contributed by atoms with Gasteiger partial charge in [-0.15, -0.1) is 6.58 Å². The van der Waals surface area contributed by atoms with Crippen LogP contribution in [0.25, 0.3) is 0 Å². The first kappa shape index (κ1) is 56.1. The topological polar surface area (TPSA) is 172 Å².